The molecule has 13 rings (SSSR count). The van der Waals surface area contributed by atoms with E-state index in [-0.39, 0.29) is 16.7 Å². The molecule has 4 aliphatic carbocycles. The molecule has 4 nitrogen and oxygen atoms in total. The highest BCUT2D eigenvalue weighted by atomic mass is 15.0. The Labute approximate surface area is 360 Å². The largest absolute Gasteiger partial charge is 0.309 e. The van der Waals surface area contributed by atoms with Crippen molar-refractivity contribution >= 4 is 21.8 Å². The number of hydrogen-bond acceptors (Lipinski definition) is 3. The molecule has 9 aromatic rings. The SMILES string of the molecule is CC1=CC23C(C)=CC=C2C2(c4ccccc4-c4c(-c5nc(-c6ccccc6)nc(-c6ccccc6)n5)cc(-c5ccc6c(c5)c5ccccc5n6-c5ccccc5)cc42)C3C=C1. The van der Waals surface area contributed by atoms with Gasteiger partial charge in [0.05, 0.1) is 16.4 Å². The molecule has 2 heterocycles. The van der Waals surface area contributed by atoms with Gasteiger partial charge in [0.1, 0.15) is 0 Å². The minimum atomic E-state index is -0.371. The van der Waals surface area contributed by atoms with Gasteiger partial charge >= 0.3 is 0 Å². The van der Waals surface area contributed by atoms with Gasteiger partial charge in [0.25, 0.3) is 0 Å². The van der Waals surface area contributed by atoms with Gasteiger partial charge in [-0.2, -0.15) is 0 Å². The zero-order valence-corrected chi connectivity index (χ0v) is 34.4. The summed E-state index contributed by atoms with van der Waals surface area (Å²) >= 11 is 0. The fraction of sp³-hybridized carbons (Fsp3) is 0.0862. The summed E-state index contributed by atoms with van der Waals surface area (Å²) in [7, 11) is 0. The van der Waals surface area contributed by atoms with Crippen molar-refractivity contribution in [1.29, 1.82) is 0 Å². The van der Waals surface area contributed by atoms with Crippen molar-refractivity contribution in [3.63, 3.8) is 0 Å². The molecule has 0 amide bonds. The zero-order chi connectivity index (χ0) is 41.2. The minimum Gasteiger partial charge on any atom is -0.309 e. The number of benzene rings is 7. The first-order valence-corrected chi connectivity index (χ1v) is 21.6. The van der Waals surface area contributed by atoms with Crippen LogP contribution in [0.4, 0.5) is 0 Å². The summed E-state index contributed by atoms with van der Waals surface area (Å²) in [6.45, 7) is 4.56. The number of fused-ring (bicyclic) bond motifs is 10. The van der Waals surface area contributed by atoms with Crippen molar-refractivity contribution in [1.82, 2.24) is 19.5 Å². The van der Waals surface area contributed by atoms with Crippen LogP contribution in [0.3, 0.4) is 0 Å². The molecule has 3 unspecified atom stereocenters. The number of allylic oxidation sites excluding steroid dienone is 8. The molecule has 0 aliphatic heterocycles. The van der Waals surface area contributed by atoms with Gasteiger partial charge in [0.2, 0.25) is 0 Å². The number of rotatable bonds is 5. The number of hydrogen-bond donors (Lipinski definition) is 0. The van der Waals surface area contributed by atoms with Gasteiger partial charge in [-0.15, -0.1) is 0 Å². The van der Waals surface area contributed by atoms with Crippen molar-refractivity contribution in [2.24, 2.45) is 11.3 Å². The van der Waals surface area contributed by atoms with Crippen LogP contribution in [-0.2, 0) is 5.41 Å². The quantitative estimate of drug-likeness (QED) is 0.174. The van der Waals surface area contributed by atoms with E-state index >= 15 is 0 Å². The third-order valence-corrected chi connectivity index (χ3v) is 14.1. The Kier molecular flexibility index (Phi) is 7.31. The molecular formula is C58H40N4. The number of nitrogens with zero attached hydrogens (tertiary/aromatic N) is 4. The van der Waals surface area contributed by atoms with Crippen molar-refractivity contribution < 1.29 is 0 Å². The van der Waals surface area contributed by atoms with Gasteiger partial charge in [0.15, 0.2) is 17.5 Å². The van der Waals surface area contributed by atoms with Gasteiger partial charge in [-0.3, -0.25) is 0 Å². The van der Waals surface area contributed by atoms with E-state index in [4.69, 9.17) is 15.0 Å². The maximum atomic E-state index is 5.40. The maximum Gasteiger partial charge on any atom is 0.164 e. The standard InChI is InChI=1S/C58H40N4/c1-36-26-30-51-57(35-36)37(2)27-31-52(57)58(51)47-24-14-12-23-44(47)53-46(56-60-54(38-16-6-3-7-17-38)59-55(61-56)39-18-8-4-9-19-39)33-41(34-48(53)58)40-28-29-50-45(32-40)43-22-13-15-25-49(43)62(50)42-20-10-5-11-21-42/h3-35,51H,1-2H3. The molecule has 0 saturated heterocycles. The summed E-state index contributed by atoms with van der Waals surface area (Å²) in [5, 5.41) is 2.45. The molecule has 7 aromatic carbocycles. The Hall–Kier alpha value is -7.69. The Morgan fingerprint density at radius 1 is 0.500 bits per heavy atom. The molecule has 3 atom stereocenters. The molecule has 2 aromatic heterocycles. The van der Waals surface area contributed by atoms with Gasteiger partial charge < -0.3 is 4.57 Å². The third-order valence-electron chi connectivity index (χ3n) is 14.1. The summed E-state index contributed by atoms with van der Waals surface area (Å²) in [6.07, 6.45) is 12.2. The monoisotopic (exact) mass is 792 g/mol. The predicted octanol–water partition coefficient (Wildman–Crippen LogP) is 13.9. The van der Waals surface area contributed by atoms with Crippen molar-refractivity contribution in [3.8, 4) is 62.1 Å². The molecular weight excluding hydrogens is 753 g/mol. The second-order valence-corrected chi connectivity index (χ2v) is 17.3. The van der Waals surface area contributed by atoms with Gasteiger partial charge in [-0.25, -0.2) is 15.0 Å². The Balaban J connectivity index is 1.12. The number of aromatic nitrogens is 4. The van der Waals surface area contributed by atoms with Crippen LogP contribution < -0.4 is 0 Å². The van der Waals surface area contributed by atoms with E-state index in [1.807, 2.05) is 36.4 Å². The molecule has 0 N–H and O–H groups in total. The second-order valence-electron chi connectivity index (χ2n) is 17.3. The Morgan fingerprint density at radius 2 is 1.15 bits per heavy atom. The second kappa shape index (κ2) is 12.9. The van der Waals surface area contributed by atoms with Crippen LogP contribution >= 0.6 is 0 Å². The van der Waals surface area contributed by atoms with Crippen LogP contribution in [0.15, 0.2) is 217 Å². The van der Waals surface area contributed by atoms with Crippen molar-refractivity contribution in [3.05, 3.63) is 228 Å². The molecule has 1 saturated carbocycles. The van der Waals surface area contributed by atoms with E-state index in [2.05, 4.69) is 182 Å². The van der Waals surface area contributed by atoms with Gasteiger partial charge in [-0.1, -0.05) is 169 Å². The van der Waals surface area contributed by atoms with Crippen LogP contribution in [0, 0.1) is 11.3 Å². The maximum absolute atomic E-state index is 5.40. The third kappa shape index (κ3) is 4.64. The predicted molar refractivity (Wildman–Crippen MR) is 253 cm³/mol. The molecule has 292 valence electrons. The van der Waals surface area contributed by atoms with Crippen LogP contribution in [0.25, 0.3) is 83.9 Å². The zero-order valence-electron chi connectivity index (χ0n) is 34.4. The first-order valence-electron chi connectivity index (χ1n) is 21.6. The molecule has 4 heteroatoms. The molecule has 2 spiro atoms. The molecule has 1 fully saturated rings. The van der Waals surface area contributed by atoms with Crippen LogP contribution in [0.2, 0.25) is 0 Å². The van der Waals surface area contributed by atoms with Crippen LogP contribution in [0.5, 0.6) is 0 Å². The molecule has 62 heavy (non-hydrogen) atoms. The summed E-state index contributed by atoms with van der Waals surface area (Å²) in [4.78, 5) is 15.9. The van der Waals surface area contributed by atoms with E-state index in [0.29, 0.717) is 17.5 Å². The lowest BCUT2D eigenvalue weighted by atomic mass is 9.38. The highest BCUT2D eigenvalue weighted by Gasteiger charge is 2.71. The number of para-hydroxylation sites is 2. The normalized spacial score (nSPS) is 20.3. The summed E-state index contributed by atoms with van der Waals surface area (Å²) in [5.74, 6) is 2.18. The summed E-state index contributed by atoms with van der Waals surface area (Å²) in [6, 6.07) is 61.0. The van der Waals surface area contributed by atoms with E-state index < -0.39 is 0 Å². The van der Waals surface area contributed by atoms with Gasteiger partial charge in [-0.05, 0) is 95.3 Å². The average molecular weight is 793 g/mol. The average Bonchev–Trinajstić information content (AvgIpc) is 3.92. The minimum absolute atomic E-state index is 0.143. The fourth-order valence-corrected chi connectivity index (χ4v) is 11.6. The highest BCUT2D eigenvalue weighted by molar-refractivity contribution is 6.11. The summed E-state index contributed by atoms with van der Waals surface area (Å²) in [5.41, 5.74) is 17.5. The van der Waals surface area contributed by atoms with Crippen molar-refractivity contribution in [2.75, 3.05) is 0 Å². The molecule has 0 bridgehead atoms. The lowest BCUT2D eigenvalue weighted by Crippen LogP contribution is -2.60. The van der Waals surface area contributed by atoms with E-state index in [0.717, 1.165) is 33.5 Å². The van der Waals surface area contributed by atoms with E-state index in [9.17, 15) is 0 Å². The Bertz CT molecular complexity index is 3420. The van der Waals surface area contributed by atoms with Crippen LogP contribution in [-0.4, -0.2) is 19.5 Å². The van der Waals surface area contributed by atoms with E-state index in [1.165, 1.54) is 60.8 Å². The summed E-state index contributed by atoms with van der Waals surface area (Å²) < 4.78 is 2.38. The fourth-order valence-electron chi connectivity index (χ4n) is 11.6. The lowest BCUT2D eigenvalue weighted by Gasteiger charge is -2.63. The lowest BCUT2D eigenvalue weighted by molar-refractivity contribution is 0.173. The van der Waals surface area contributed by atoms with Gasteiger partial charge in [0, 0.05) is 44.5 Å². The van der Waals surface area contributed by atoms with Crippen molar-refractivity contribution in [2.45, 2.75) is 19.3 Å². The van der Waals surface area contributed by atoms with Crippen LogP contribution in [0.1, 0.15) is 25.0 Å². The topological polar surface area (TPSA) is 43.6 Å². The molecule has 4 aliphatic rings. The first kappa shape index (κ1) is 35.1. The van der Waals surface area contributed by atoms with E-state index in [1.54, 1.807) is 0 Å². The Morgan fingerprint density at radius 3 is 1.90 bits per heavy atom. The highest BCUT2D eigenvalue weighted by Crippen LogP contribution is 2.77. The molecule has 0 radical (unpaired) electrons. The first-order chi connectivity index (χ1) is 30.5. The smallest absolute Gasteiger partial charge is 0.164 e.